The van der Waals surface area contributed by atoms with Crippen molar-refractivity contribution >= 4 is 37.2 Å². The van der Waals surface area contributed by atoms with Gasteiger partial charge in [-0.15, -0.1) is 0 Å². The van der Waals surface area contributed by atoms with E-state index in [2.05, 4.69) is 5.32 Å². The summed E-state index contributed by atoms with van der Waals surface area (Å²) in [6.45, 7) is 2.53. The SMILES string of the molecule is CCNC(=O)CCOc1ccc(S(=O)(=O)Cl)cc1Cl. The zero-order chi connectivity index (χ0) is 14.5. The second-order valence-corrected chi connectivity index (χ2v) is 6.56. The zero-order valence-corrected chi connectivity index (χ0v) is 12.5. The third-order valence-corrected chi connectivity index (χ3v) is 3.79. The molecular weight excluding hydrogens is 313 g/mol. The van der Waals surface area contributed by atoms with Crippen LogP contribution in [-0.4, -0.2) is 27.5 Å². The number of benzene rings is 1. The van der Waals surface area contributed by atoms with Crippen molar-refractivity contribution in [2.24, 2.45) is 0 Å². The van der Waals surface area contributed by atoms with Gasteiger partial charge in [-0.3, -0.25) is 4.79 Å². The topological polar surface area (TPSA) is 72.5 Å². The molecule has 0 aromatic heterocycles. The summed E-state index contributed by atoms with van der Waals surface area (Å²) in [5, 5.41) is 2.75. The second-order valence-electron chi connectivity index (χ2n) is 3.58. The number of carbonyl (C=O) groups is 1. The van der Waals surface area contributed by atoms with Crippen LogP contribution in [0.25, 0.3) is 0 Å². The van der Waals surface area contributed by atoms with Gasteiger partial charge in [0.1, 0.15) is 5.75 Å². The molecule has 0 radical (unpaired) electrons. The van der Waals surface area contributed by atoms with E-state index in [4.69, 9.17) is 27.0 Å². The smallest absolute Gasteiger partial charge is 0.261 e. The number of halogens is 2. The first kappa shape index (κ1) is 16.1. The van der Waals surface area contributed by atoms with Gasteiger partial charge in [-0.1, -0.05) is 11.6 Å². The normalized spacial score (nSPS) is 11.1. The molecule has 0 heterocycles. The number of ether oxygens (including phenoxy) is 1. The molecule has 0 aliphatic carbocycles. The largest absolute Gasteiger partial charge is 0.491 e. The molecule has 0 atom stereocenters. The van der Waals surface area contributed by atoms with Crippen LogP contribution in [-0.2, 0) is 13.8 Å². The number of hydrogen-bond donors (Lipinski definition) is 1. The van der Waals surface area contributed by atoms with E-state index in [0.29, 0.717) is 12.3 Å². The van der Waals surface area contributed by atoms with Crippen LogP contribution in [0, 0.1) is 0 Å². The summed E-state index contributed by atoms with van der Waals surface area (Å²) in [5.74, 6) is 0.175. The van der Waals surface area contributed by atoms with Crippen molar-refractivity contribution < 1.29 is 17.9 Å². The van der Waals surface area contributed by atoms with Crippen molar-refractivity contribution in [3.05, 3.63) is 23.2 Å². The first-order valence-corrected chi connectivity index (χ1v) is 8.17. The molecule has 0 saturated heterocycles. The molecule has 0 aliphatic heterocycles. The summed E-state index contributed by atoms with van der Waals surface area (Å²) < 4.78 is 27.5. The molecule has 1 amide bonds. The molecule has 5 nitrogen and oxygen atoms in total. The molecule has 0 aliphatic rings. The van der Waals surface area contributed by atoms with E-state index in [-0.39, 0.29) is 28.9 Å². The number of rotatable bonds is 6. The summed E-state index contributed by atoms with van der Waals surface area (Å²) in [4.78, 5) is 11.1. The molecule has 0 bridgehead atoms. The summed E-state index contributed by atoms with van der Waals surface area (Å²) in [6, 6.07) is 3.89. The Bertz CT molecular complexity index is 560. The maximum Gasteiger partial charge on any atom is 0.261 e. The molecule has 0 fully saturated rings. The Kier molecular flexibility index (Phi) is 5.90. The highest BCUT2D eigenvalue weighted by Crippen LogP contribution is 2.28. The van der Waals surface area contributed by atoms with E-state index in [1.165, 1.54) is 18.2 Å². The lowest BCUT2D eigenvalue weighted by atomic mass is 10.3. The van der Waals surface area contributed by atoms with Crippen LogP contribution in [0.2, 0.25) is 5.02 Å². The monoisotopic (exact) mass is 325 g/mol. The zero-order valence-electron chi connectivity index (χ0n) is 10.2. The van der Waals surface area contributed by atoms with Crippen molar-refractivity contribution in [1.82, 2.24) is 5.32 Å². The number of amides is 1. The molecule has 8 heteroatoms. The lowest BCUT2D eigenvalue weighted by molar-refractivity contribution is -0.121. The summed E-state index contributed by atoms with van der Waals surface area (Å²) in [5.41, 5.74) is 0. The van der Waals surface area contributed by atoms with Crippen LogP contribution in [0.1, 0.15) is 13.3 Å². The molecule has 1 aromatic rings. The Balaban J connectivity index is 2.64. The summed E-state index contributed by atoms with van der Waals surface area (Å²) >= 11 is 5.86. The van der Waals surface area contributed by atoms with Gasteiger partial charge in [0.05, 0.1) is 22.9 Å². The van der Waals surface area contributed by atoms with Crippen LogP contribution in [0.4, 0.5) is 0 Å². The maximum atomic E-state index is 11.2. The Labute approximate surface area is 121 Å². The van der Waals surface area contributed by atoms with Crippen LogP contribution >= 0.6 is 22.3 Å². The van der Waals surface area contributed by atoms with Gasteiger partial charge in [0, 0.05) is 17.2 Å². The van der Waals surface area contributed by atoms with E-state index in [1.54, 1.807) is 0 Å². The van der Waals surface area contributed by atoms with Crippen molar-refractivity contribution in [1.29, 1.82) is 0 Å². The van der Waals surface area contributed by atoms with Crippen molar-refractivity contribution in [2.75, 3.05) is 13.2 Å². The van der Waals surface area contributed by atoms with E-state index in [9.17, 15) is 13.2 Å². The Morgan fingerprint density at radius 1 is 1.42 bits per heavy atom. The minimum absolute atomic E-state index is 0.102. The highest BCUT2D eigenvalue weighted by molar-refractivity contribution is 8.13. The quantitative estimate of drug-likeness (QED) is 0.813. The molecule has 106 valence electrons. The molecule has 1 N–H and O–H groups in total. The van der Waals surface area contributed by atoms with Crippen LogP contribution < -0.4 is 10.1 Å². The highest BCUT2D eigenvalue weighted by atomic mass is 35.7. The minimum atomic E-state index is -3.82. The Morgan fingerprint density at radius 2 is 2.11 bits per heavy atom. The third kappa shape index (κ3) is 5.26. The average Bonchev–Trinajstić information content (AvgIpc) is 2.30. The summed E-state index contributed by atoms with van der Waals surface area (Å²) in [7, 11) is 1.37. The molecule has 0 saturated carbocycles. The van der Waals surface area contributed by atoms with Gasteiger partial charge < -0.3 is 10.1 Å². The van der Waals surface area contributed by atoms with Crippen LogP contribution in [0.15, 0.2) is 23.1 Å². The van der Waals surface area contributed by atoms with Gasteiger partial charge in [-0.2, -0.15) is 0 Å². The van der Waals surface area contributed by atoms with Crippen molar-refractivity contribution in [3.63, 3.8) is 0 Å². The van der Waals surface area contributed by atoms with E-state index < -0.39 is 9.05 Å². The Hall–Kier alpha value is -0.980. The highest BCUT2D eigenvalue weighted by Gasteiger charge is 2.13. The molecule has 0 unspecified atom stereocenters. The first-order valence-electron chi connectivity index (χ1n) is 5.48. The number of nitrogens with one attached hydrogen (secondary N) is 1. The number of carbonyl (C=O) groups excluding carboxylic acids is 1. The first-order chi connectivity index (χ1) is 8.84. The fraction of sp³-hybridized carbons (Fsp3) is 0.364. The van der Waals surface area contributed by atoms with Gasteiger partial charge in [0.25, 0.3) is 9.05 Å². The molecule has 1 aromatic carbocycles. The Morgan fingerprint density at radius 3 is 2.63 bits per heavy atom. The third-order valence-electron chi connectivity index (χ3n) is 2.15. The molecule has 19 heavy (non-hydrogen) atoms. The van der Waals surface area contributed by atoms with E-state index >= 15 is 0 Å². The van der Waals surface area contributed by atoms with Crippen LogP contribution in [0.5, 0.6) is 5.75 Å². The predicted octanol–water partition coefficient (Wildman–Crippen LogP) is 2.17. The second kappa shape index (κ2) is 6.98. The molecular formula is C11H13Cl2NO4S. The average molecular weight is 326 g/mol. The lowest BCUT2D eigenvalue weighted by Crippen LogP contribution is -2.24. The van der Waals surface area contributed by atoms with Crippen molar-refractivity contribution in [3.8, 4) is 5.75 Å². The van der Waals surface area contributed by atoms with E-state index in [1.807, 2.05) is 6.92 Å². The van der Waals surface area contributed by atoms with Gasteiger partial charge >= 0.3 is 0 Å². The van der Waals surface area contributed by atoms with Gasteiger partial charge in [-0.05, 0) is 25.1 Å². The van der Waals surface area contributed by atoms with Crippen molar-refractivity contribution in [2.45, 2.75) is 18.2 Å². The molecule has 1 rings (SSSR count). The van der Waals surface area contributed by atoms with Gasteiger partial charge in [0.15, 0.2) is 0 Å². The lowest BCUT2D eigenvalue weighted by Gasteiger charge is -2.08. The summed E-state index contributed by atoms with van der Waals surface area (Å²) in [6.07, 6.45) is 0.194. The standard InChI is InChI=1S/C11H13Cl2NO4S/c1-2-14-11(15)5-6-18-10-4-3-8(7-9(10)12)19(13,16)17/h3-4,7H,2,5-6H2,1H3,(H,14,15). The fourth-order valence-electron chi connectivity index (χ4n) is 1.29. The van der Waals surface area contributed by atoms with Gasteiger partial charge in [-0.25, -0.2) is 8.42 Å². The molecule has 0 spiro atoms. The minimum Gasteiger partial charge on any atom is -0.491 e. The fourth-order valence-corrected chi connectivity index (χ4v) is 2.37. The maximum absolute atomic E-state index is 11.2. The predicted molar refractivity (Wildman–Crippen MR) is 73.3 cm³/mol. The van der Waals surface area contributed by atoms with Gasteiger partial charge in [0.2, 0.25) is 5.91 Å². The number of hydrogen-bond acceptors (Lipinski definition) is 4. The van der Waals surface area contributed by atoms with Crippen LogP contribution in [0.3, 0.4) is 0 Å². The van der Waals surface area contributed by atoms with E-state index in [0.717, 1.165) is 0 Å².